The minimum atomic E-state index is -0.329. The van der Waals surface area contributed by atoms with E-state index in [1.807, 2.05) is 12.1 Å². The van der Waals surface area contributed by atoms with Gasteiger partial charge in [0, 0.05) is 11.5 Å². The summed E-state index contributed by atoms with van der Waals surface area (Å²) >= 11 is 0. The lowest BCUT2D eigenvalue weighted by Gasteiger charge is -2.29. The molecule has 0 aromatic heterocycles. The van der Waals surface area contributed by atoms with Gasteiger partial charge in [0.25, 0.3) is 0 Å². The van der Waals surface area contributed by atoms with Gasteiger partial charge >= 0.3 is 5.97 Å². The molecule has 1 aromatic carbocycles. The second-order valence-electron chi connectivity index (χ2n) is 6.18. The van der Waals surface area contributed by atoms with E-state index >= 15 is 0 Å². The van der Waals surface area contributed by atoms with E-state index in [9.17, 15) is 4.79 Å². The fraction of sp³-hybridized carbons (Fsp3) is 0.632. The Morgan fingerprint density at radius 2 is 1.74 bits per heavy atom. The van der Waals surface area contributed by atoms with Gasteiger partial charge < -0.3 is 14.2 Å². The van der Waals surface area contributed by atoms with E-state index in [0.717, 1.165) is 18.8 Å². The van der Waals surface area contributed by atoms with Crippen LogP contribution in [0.5, 0.6) is 0 Å². The minimum Gasteiger partial charge on any atom is -0.465 e. The summed E-state index contributed by atoms with van der Waals surface area (Å²) in [4.78, 5) is 11.4. The molecule has 0 saturated carbocycles. The Morgan fingerprint density at radius 3 is 2.35 bits per heavy atom. The number of esters is 1. The van der Waals surface area contributed by atoms with Gasteiger partial charge in [-0.05, 0) is 18.6 Å². The highest BCUT2D eigenvalue weighted by atomic mass is 16.7. The van der Waals surface area contributed by atoms with Crippen LogP contribution >= 0.6 is 0 Å². The van der Waals surface area contributed by atoms with Crippen molar-refractivity contribution in [2.24, 2.45) is 5.92 Å². The molecule has 0 radical (unpaired) electrons. The maximum Gasteiger partial charge on any atom is 0.337 e. The van der Waals surface area contributed by atoms with Gasteiger partial charge in [-0.3, -0.25) is 0 Å². The summed E-state index contributed by atoms with van der Waals surface area (Å²) in [7, 11) is 1.38. The highest BCUT2D eigenvalue weighted by molar-refractivity contribution is 5.89. The molecule has 1 fully saturated rings. The molecule has 1 heterocycles. The van der Waals surface area contributed by atoms with Crippen LogP contribution in [0, 0.1) is 5.92 Å². The van der Waals surface area contributed by atoms with Gasteiger partial charge in [-0.15, -0.1) is 0 Å². The van der Waals surface area contributed by atoms with Crippen LogP contribution in [0.4, 0.5) is 0 Å². The number of ether oxygens (including phenoxy) is 3. The molecule has 128 valence electrons. The number of carbonyl (C=O) groups excluding carboxylic acids is 1. The third-order valence-corrected chi connectivity index (χ3v) is 4.29. The van der Waals surface area contributed by atoms with Gasteiger partial charge in [-0.2, -0.15) is 0 Å². The van der Waals surface area contributed by atoms with E-state index < -0.39 is 0 Å². The van der Waals surface area contributed by atoms with Crippen LogP contribution < -0.4 is 0 Å². The lowest BCUT2D eigenvalue weighted by atomic mass is 10.0. The van der Waals surface area contributed by atoms with Crippen molar-refractivity contribution >= 4 is 5.97 Å². The molecule has 1 saturated heterocycles. The van der Waals surface area contributed by atoms with Crippen LogP contribution in [-0.2, 0) is 14.2 Å². The summed E-state index contributed by atoms with van der Waals surface area (Å²) in [5, 5.41) is 0. The number of hydrogen-bond acceptors (Lipinski definition) is 4. The van der Waals surface area contributed by atoms with Crippen molar-refractivity contribution < 1.29 is 19.0 Å². The van der Waals surface area contributed by atoms with Crippen molar-refractivity contribution in [3.63, 3.8) is 0 Å². The van der Waals surface area contributed by atoms with E-state index in [1.165, 1.54) is 45.6 Å². The number of methoxy groups -OCH3 is 1. The van der Waals surface area contributed by atoms with Gasteiger partial charge in [0.05, 0.1) is 25.9 Å². The third kappa shape index (κ3) is 5.63. The molecule has 0 aliphatic carbocycles. The standard InChI is InChI=1S/C19H28O4/c1-3-4-5-6-7-8-15-13-22-19(23-14-15)17-11-9-16(10-12-17)18(20)21-2/h9-12,15,19H,3-8,13-14H2,1-2H3. The van der Waals surface area contributed by atoms with E-state index in [1.54, 1.807) is 12.1 Å². The first-order chi connectivity index (χ1) is 11.2. The zero-order valence-electron chi connectivity index (χ0n) is 14.3. The Hall–Kier alpha value is -1.39. The molecule has 0 spiro atoms. The van der Waals surface area contributed by atoms with Gasteiger partial charge in [0.2, 0.25) is 0 Å². The Labute approximate surface area is 139 Å². The van der Waals surface area contributed by atoms with Crippen molar-refractivity contribution in [2.75, 3.05) is 20.3 Å². The molecular formula is C19H28O4. The average Bonchev–Trinajstić information content (AvgIpc) is 2.61. The number of hydrogen-bond donors (Lipinski definition) is 0. The molecule has 0 unspecified atom stereocenters. The van der Waals surface area contributed by atoms with E-state index in [0.29, 0.717) is 11.5 Å². The summed E-state index contributed by atoms with van der Waals surface area (Å²) < 4.78 is 16.4. The topological polar surface area (TPSA) is 44.8 Å². The predicted octanol–water partition coefficient (Wildman–Crippen LogP) is 4.50. The second kappa shape index (κ2) is 9.68. The molecule has 0 atom stereocenters. The summed E-state index contributed by atoms with van der Waals surface area (Å²) in [6.07, 6.45) is 7.38. The first-order valence-corrected chi connectivity index (χ1v) is 8.66. The van der Waals surface area contributed by atoms with Crippen molar-refractivity contribution in [3.05, 3.63) is 35.4 Å². The zero-order chi connectivity index (χ0) is 16.5. The highest BCUT2D eigenvalue weighted by Crippen LogP contribution is 2.27. The van der Waals surface area contributed by atoms with E-state index in [4.69, 9.17) is 14.2 Å². The van der Waals surface area contributed by atoms with E-state index in [2.05, 4.69) is 6.92 Å². The van der Waals surface area contributed by atoms with Crippen molar-refractivity contribution in [3.8, 4) is 0 Å². The van der Waals surface area contributed by atoms with E-state index in [-0.39, 0.29) is 12.3 Å². The van der Waals surface area contributed by atoms with Gasteiger partial charge in [0.1, 0.15) is 0 Å². The summed E-state index contributed by atoms with van der Waals surface area (Å²) in [5.74, 6) is 0.174. The molecular weight excluding hydrogens is 292 g/mol. The second-order valence-corrected chi connectivity index (χ2v) is 6.18. The minimum absolute atomic E-state index is 0.321. The smallest absolute Gasteiger partial charge is 0.337 e. The van der Waals surface area contributed by atoms with Crippen molar-refractivity contribution in [2.45, 2.75) is 51.7 Å². The molecule has 0 amide bonds. The van der Waals surface area contributed by atoms with Crippen LogP contribution in [0.1, 0.15) is 67.7 Å². The zero-order valence-corrected chi connectivity index (χ0v) is 14.3. The summed E-state index contributed by atoms with van der Waals surface area (Å²) in [6.45, 7) is 3.73. The van der Waals surface area contributed by atoms with Gasteiger partial charge in [-0.25, -0.2) is 4.79 Å². The summed E-state index contributed by atoms with van der Waals surface area (Å²) in [6, 6.07) is 7.21. The Morgan fingerprint density at radius 1 is 1.09 bits per heavy atom. The third-order valence-electron chi connectivity index (χ3n) is 4.29. The number of carbonyl (C=O) groups is 1. The average molecular weight is 320 g/mol. The molecule has 4 nitrogen and oxygen atoms in total. The maximum atomic E-state index is 11.4. The molecule has 4 heteroatoms. The lowest BCUT2D eigenvalue weighted by molar-refractivity contribution is -0.206. The number of benzene rings is 1. The highest BCUT2D eigenvalue weighted by Gasteiger charge is 2.23. The van der Waals surface area contributed by atoms with Crippen LogP contribution in [-0.4, -0.2) is 26.3 Å². The van der Waals surface area contributed by atoms with Gasteiger partial charge in [0.15, 0.2) is 6.29 Å². The molecule has 1 aliphatic heterocycles. The lowest BCUT2D eigenvalue weighted by Crippen LogP contribution is -2.27. The van der Waals surface area contributed by atoms with Crippen LogP contribution in [0.15, 0.2) is 24.3 Å². The first-order valence-electron chi connectivity index (χ1n) is 8.66. The molecule has 1 aliphatic rings. The van der Waals surface area contributed by atoms with Crippen LogP contribution in [0.25, 0.3) is 0 Å². The SMILES string of the molecule is CCCCCCCC1COC(c2ccc(C(=O)OC)cc2)OC1. The predicted molar refractivity (Wildman–Crippen MR) is 89.3 cm³/mol. The van der Waals surface area contributed by atoms with Crippen LogP contribution in [0.3, 0.4) is 0 Å². The maximum absolute atomic E-state index is 11.4. The Kier molecular flexibility index (Phi) is 7.56. The number of rotatable bonds is 8. The first kappa shape index (κ1) is 18.0. The molecule has 2 rings (SSSR count). The van der Waals surface area contributed by atoms with Crippen molar-refractivity contribution in [1.29, 1.82) is 0 Å². The molecule has 0 bridgehead atoms. The Balaban J connectivity index is 1.72. The molecule has 0 N–H and O–H groups in total. The fourth-order valence-electron chi connectivity index (χ4n) is 2.83. The normalized spacial score (nSPS) is 21.1. The van der Waals surface area contributed by atoms with Crippen molar-refractivity contribution in [1.82, 2.24) is 0 Å². The largest absolute Gasteiger partial charge is 0.465 e. The fourth-order valence-corrected chi connectivity index (χ4v) is 2.83. The molecule has 23 heavy (non-hydrogen) atoms. The summed E-state index contributed by atoms with van der Waals surface area (Å²) in [5.41, 5.74) is 1.48. The number of unbranched alkanes of at least 4 members (excludes halogenated alkanes) is 4. The van der Waals surface area contributed by atoms with Gasteiger partial charge in [-0.1, -0.05) is 51.2 Å². The Bertz CT molecular complexity index is 461. The molecule has 1 aromatic rings. The quantitative estimate of drug-likeness (QED) is 0.523. The monoisotopic (exact) mass is 320 g/mol. The van der Waals surface area contributed by atoms with Crippen LogP contribution in [0.2, 0.25) is 0 Å².